The molecule has 128 valence electrons. The Bertz CT molecular complexity index is 549. The Kier molecular flexibility index (Phi) is 6.83. The lowest BCUT2D eigenvalue weighted by Crippen LogP contribution is -2.29. The highest BCUT2D eigenvalue weighted by Crippen LogP contribution is 2.30. The first-order chi connectivity index (χ1) is 11.0. The number of hydrogen-bond donors (Lipinski definition) is 1. The summed E-state index contributed by atoms with van der Waals surface area (Å²) in [4.78, 5) is 26.0. The van der Waals surface area contributed by atoms with Crippen LogP contribution in [-0.2, 0) is 9.59 Å². The standard InChI is InChI=1S/C15H24N4O2S2/c1-4-6-7-19-9-11(8-12(19)20)13(21)16-14-17-18-15(23-14)22-10(3)5-2/h10-11H,4-9H2,1-3H3,(H,16,17,21)/t10-,11-/m1/s1. The lowest BCUT2D eigenvalue weighted by Gasteiger charge is -2.15. The third-order valence-electron chi connectivity index (χ3n) is 3.88. The molecule has 2 heterocycles. The lowest BCUT2D eigenvalue weighted by molar-refractivity contribution is -0.128. The van der Waals surface area contributed by atoms with E-state index in [1.807, 2.05) is 0 Å². The van der Waals surface area contributed by atoms with Crippen molar-refractivity contribution >= 4 is 40.0 Å². The molecule has 0 saturated carbocycles. The van der Waals surface area contributed by atoms with Gasteiger partial charge < -0.3 is 10.2 Å². The van der Waals surface area contributed by atoms with Crippen LogP contribution in [-0.4, -0.2) is 45.3 Å². The number of rotatable bonds is 8. The van der Waals surface area contributed by atoms with Crippen LogP contribution in [0.25, 0.3) is 0 Å². The Morgan fingerprint density at radius 2 is 2.26 bits per heavy atom. The molecule has 1 fully saturated rings. The molecule has 0 radical (unpaired) electrons. The van der Waals surface area contributed by atoms with Crippen molar-refractivity contribution in [3.8, 4) is 0 Å². The van der Waals surface area contributed by atoms with Crippen molar-refractivity contribution in [2.24, 2.45) is 5.92 Å². The molecule has 1 aromatic rings. The Morgan fingerprint density at radius 3 is 2.96 bits per heavy atom. The van der Waals surface area contributed by atoms with Crippen LogP contribution in [0.4, 0.5) is 5.13 Å². The Labute approximate surface area is 145 Å². The number of anilines is 1. The minimum Gasteiger partial charge on any atom is -0.342 e. The number of carbonyl (C=O) groups is 2. The number of nitrogens with zero attached hydrogens (tertiary/aromatic N) is 3. The van der Waals surface area contributed by atoms with E-state index in [4.69, 9.17) is 0 Å². The van der Waals surface area contributed by atoms with Gasteiger partial charge in [-0.05, 0) is 12.8 Å². The van der Waals surface area contributed by atoms with Crippen LogP contribution < -0.4 is 5.32 Å². The largest absolute Gasteiger partial charge is 0.342 e. The van der Waals surface area contributed by atoms with Crippen molar-refractivity contribution in [1.29, 1.82) is 0 Å². The fourth-order valence-corrected chi connectivity index (χ4v) is 4.28. The first kappa shape index (κ1) is 18.2. The minimum absolute atomic E-state index is 0.0730. The number of likely N-dealkylation sites (tertiary alicyclic amines) is 1. The van der Waals surface area contributed by atoms with E-state index < -0.39 is 0 Å². The third-order valence-corrected chi connectivity index (χ3v) is 6.07. The van der Waals surface area contributed by atoms with E-state index in [1.165, 1.54) is 11.3 Å². The van der Waals surface area contributed by atoms with Crippen LogP contribution in [0, 0.1) is 5.92 Å². The van der Waals surface area contributed by atoms with E-state index in [0.29, 0.717) is 23.3 Å². The predicted molar refractivity (Wildman–Crippen MR) is 93.7 cm³/mol. The summed E-state index contributed by atoms with van der Waals surface area (Å²) in [6, 6.07) is 0. The van der Waals surface area contributed by atoms with E-state index >= 15 is 0 Å². The van der Waals surface area contributed by atoms with Crippen molar-refractivity contribution in [1.82, 2.24) is 15.1 Å². The van der Waals surface area contributed by atoms with Gasteiger partial charge in [0.05, 0.1) is 5.92 Å². The number of nitrogens with one attached hydrogen (secondary N) is 1. The highest BCUT2D eigenvalue weighted by molar-refractivity contribution is 8.01. The zero-order valence-electron chi connectivity index (χ0n) is 13.9. The van der Waals surface area contributed by atoms with Gasteiger partial charge >= 0.3 is 0 Å². The zero-order valence-corrected chi connectivity index (χ0v) is 15.5. The van der Waals surface area contributed by atoms with Crippen molar-refractivity contribution in [2.45, 2.75) is 56.0 Å². The fraction of sp³-hybridized carbons (Fsp3) is 0.733. The van der Waals surface area contributed by atoms with Crippen LogP contribution in [0.3, 0.4) is 0 Å². The van der Waals surface area contributed by atoms with Crippen LogP contribution >= 0.6 is 23.1 Å². The molecule has 23 heavy (non-hydrogen) atoms. The van der Waals surface area contributed by atoms with Gasteiger partial charge in [0.25, 0.3) is 0 Å². The molecule has 8 heteroatoms. The normalized spacial score (nSPS) is 19.2. The molecule has 6 nitrogen and oxygen atoms in total. The van der Waals surface area contributed by atoms with Gasteiger partial charge in [0, 0.05) is 24.8 Å². The first-order valence-corrected chi connectivity index (χ1v) is 9.81. The molecule has 1 saturated heterocycles. The van der Waals surface area contributed by atoms with E-state index in [2.05, 4.69) is 36.3 Å². The summed E-state index contributed by atoms with van der Waals surface area (Å²) >= 11 is 3.05. The van der Waals surface area contributed by atoms with Crippen LogP contribution in [0.1, 0.15) is 46.5 Å². The number of thioether (sulfide) groups is 1. The van der Waals surface area contributed by atoms with Crippen LogP contribution in [0.2, 0.25) is 0 Å². The fourth-order valence-electron chi connectivity index (χ4n) is 2.28. The minimum atomic E-state index is -0.283. The van der Waals surface area contributed by atoms with E-state index in [1.54, 1.807) is 16.7 Å². The average molecular weight is 357 g/mol. The third kappa shape index (κ3) is 5.17. The van der Waals surface area contributed by atoms with Gasteiger partial charge in [-0.2, -0.15) is 0 Å². The maximum absolute atomic E-state index is 12.3. The first-order valence-electron chi connectivity index (χ1n) is 8.12. The molecule has 1 aliphatic rings. The summed E-state index contributed by atoms with van der Waals surface area (Å²) in [7, 11) is 0. The molecule has 0 spiro atoms. The molecular formula is C15H24N4O2S2. The molecule has 1 aliphatic heterocycles. The van der Waals surface area contributed by atoms with Gasteiger partial charge in [-0.3, -0.25) is 9.59 Å². The quantitative estimate of drug-likeness (QED) is 0.572. The lowest BCUT2D eigenvalue weighted by atomic mass is 10.1. The molecule has 0 bridgehead atoms. The Balaban J connectivity index is 1.86. The molecule has 2 atom stereocenters. The van der Waals surface area contributed by atoms with Gasteiger partial charge in [0.15, 0.2) is 4.34 Å². The van der Waals surface area contributed by atoms with Gasteiger partial charge in [0.1, 0.15) is 0 Å². The number of amides is 2. The van der Waals surface area contributed by atoms with Gasteiger partial charge in [-0.15, -0.1) is 10.2 Å². The van der Waals surface area contributed by atoms with E-state index in [0.717, 1.165) is 30.1 Å². The molecule has 0 aromatic carbocycles. The van der Waals surface area contributed by atoms with Crippen molar-refractivity contribution in [2.75, 3.05) is 18.4 Å². The summed E-state index contributed by atoms with van der Waals surface area (Å²) < 4.78 is 0.863. The number of aromatic nitrogens is 2. The maximum Gasteiger partial charge on any atom is 0.231 e. The summed E-state index contributed by atoms with van der Waals surface area (Å²) in [6.45, 7) is 7.61. The summed E-state index contributed by atoms with van der Waals surface area (Å²) in [5.74, 6) is -0.341. The number of hydrogen-bond acceptors (Lipinski definition) is 6. The molecular weight excluding hydrogens is 332 g/mol. The van der Waals surface area contributed by atoms with Gasteiger partial charge in [-0.1, -0.05) is 50.3 Å². The zero-order chi connectivity index (χ0) is 16.8. The number of carbonyl (C=O) groups excluding carboxylic acids is 2. The second-order valence-electron chi connectivity index (χ2n) is 5.79. The van der Waals surface area contributed by atoms with Crippen molar-refractivity contribution < 1.29 is 9.59 Å². The second-order valence-corrected chi connectivity index (χ2v) is 8.46. The summed E-state index contributed by atoms with van der Waals surface area (Å²) in [5, 5.41) is 11.9. The maximum atomic E-state index is 12.3. The molecule has 0 unspecified atom stereocenters. The van der Waals surface area contributed by atoms with Crippen molar-refractivity contribution in [3.63, 3.8) is 0 Å². The number of unbranched alkanes of at least 4 members (excludes halogenated alkanes) is 1. The van der Waals surface area contributed by atoms with Gasteiger partial charge in [0.2, 0.25) is 16.9 Å². The SMILES string of the molecule is CCCCN1C[C@H](C(=O)Nc2nnc(S[C@H](C)CC)s2)CC1=O. The smallest absolute Gasteiger partial charge is 0.231 e. The monoisotopic (exact) mass is 356 g/mol. The van der Waals surface area contributed by atoms with Crippen molar-refractivity contribution in [3.05, 3.63) is 0 Å². The van der Waals surface area contributed by atoms with Gasteiger partial charge in [-0.25, -0.2) is 0 Å². The Morgan fingerprint density at radius 1 is 1.48 bits per heavy atom. The molecule has 2 amide bonds. The van der Waals surface area contributed by atoms with E-state index in [-0.39, 0.29) is 17.7 Å². The molecule has 2 rings (SSSR count). The predicted octanol–water partition coefficient (Wildman–Crippen LogP) is 3.02. The molecule has 1 N–H and O–H groups in total. The average Bonchev–Trinajstić information content (AvgIpc) is 3.11. The molecule has 1 aromatic heterocycles. The Hall–Kier alpha value is -1.15. The summed E-state index contributed by atoms with van der Waals surface area (Å²) in [6.07, 6.45) is 3.38. The van der Waals surface area contributed by atoms with Crippen LogP contribution in [0.5, 0.6) is 0 Å². The topological polar surface area (TPSA) is 75.2 Å². The van der Waals surface area contributed by atoms with E-state index in [9.17, 15) is 9.59 Å². The summed E-state index contributed by atoms with van der Waals surface area (Å²) in [5.41, 5.74) is 0. The highest BCUT2D eigenvalue weighted by Gasteiger charge is 2.34. The second kappa shape index (κ2) is 8.63. The van der Waals surface area contributed by atoms with Crippen LogP contribution in [0.15, 0.2) is 4.34 Å². The highest BCUT2D eigenvalue weighted by atomic mass is 32.2. The molecule has 0 aliphatic carbocycles.